The highest BCUT2D eigenvalue weighted by Gasteiger charge is 2.27. The molecule has 1 N–H and O–H groups in total. The third kappa shape index (κ3) is 3.62. The van der Waals surface area contributed by atoms with Crippen LogP contribution in [0.3, 0.4) is 0 Å². The normalized spacial score (nSPS) is 17.3. The van der Waals surface area contributed by atoms with Crippen molar-refractivity contribution in [1.29, 1.82) is 0 Å². The van der Waals surface area contributed by atoms with E-state index >= 15 is 0 Å². The summed E-state index contributed by atoms with van der Waals surface area (Å²) in [6, 6.07) is 3.96. The maximum absolute atomic E-state index is 4.63. The molecule has 1 atom stereocenters. The summed E-state index contributed by atoms with van der Waals surface area (Å²) in [5.41, 5.74) is 0.964. The number of aryl methyl sites for hydroxylation is 1. The Hall–Kier alpha value is -2.97. The van der Waals surface area contributed by atoms with Gasteiger partial charge in [-0.25, -0.2) is 4.98 Å². The van der Waals surface area contributed by atoms with Crippen LogP contribution in [0.4, 0.5) is 11.8 Å². The minimum absolute atomic E-state index is 0.330. The molecule has 3 aromatic heterocycles. The van der Waals surface area contributed by atoms with E-state index in [1.807, 2.05) is 44.0 Å². The lowest BCUT2D eigenvalue weighted by Crippen LogP contribution is -2.36. The van der Waals surface area contributed by atoms with E-state index in [4.69, 9.17) is 0 Å². The predicted molar refractivity (Wildman–Crippen MR) is 103 cm³/mol. The van der Waals surface area contributed by atoms with Gasteiger partial charge in [0.05, 0.1) is 0 Å². The third-order valence-corrected chi connectivity index (χ3v) is 5.04. The lowest BCUT2D eigenvalue weighted by atomic mass is 9.97. The Morgan fingerprint density at radius 1 is 1.26 bits per heavy atom. The lowest BCUT2D eigenvalue weighted by Gasteiger charge is -2.33. The lowest BCUT2D eigenvalue weighted by molar-refractivity contribution is 0.475. The summed E-state index contributed by atoms with van der Waals surface area (Å²) >= 11 is 0. The molecule has 0 aromatic carbocycles. The fourth-order valence-corrected chi connectivity index (χ4v) is 3.63. The summed E-state index contributed by atoms with van der Waals surface area (Å²) < 4.78 is 3.98. The van der Waals surface area contributed by atoms with Crippen molar-refractivity contribution < 1.29 is 0 Å². The third-order valence-electron chi connectivity index (χ3n) is 5.04. The first-order valence-electron chi connectivity index (χ1n) is 9.28. The molecule has 1 saturated heterocycles. The zero-order valence-corrected chi connectivity index (χ0v) is 16.0. The number of rotatable bonds is 5. The van der Waals surface area contributed by atoms with E-state index in [1.54, 1.807) is 6.20 Å². The topological polar surface area (TPSA) is 89.6 Å². The van der Waals surface area contributed by atoms with Crippen LogP contribution in [0.15, 0.2) is 24.5 Å². The molecule has 1 aliphatic heterocycles. The van der Waals surface area contributed by atoms with Crippen molar-refractivity contribution in [3.63, 3.8) is 0 Å². The molecule has 1 aliphatic rings. The van der Waals surface area contributed by atoms with Crippen molar-refractivity contribution in [2.24, 2.45) is 7.05 Å². The molecule has 0 bridgehead atoms. The van der Waals surface area contributed by atoms with Crippen LogP contribution >= 0.6 is 0 Å². The molecular formula is C18H25N9. The molecule has 0 aliphatic carbocycles. The van der Waals surface area contributed by atoms with Crippen molar-refractivity contribution in [2.45, 2.75) is 32.2 Å². The summed E-state index contributed by atoms with van der Waals surface area (Å²) in [5, 5.41) is 16.2. The Morgan fingerprint density at radius 3 is 2.93 bits per heavy atom. The second kappa shape index (κ2) is 7.34. The van der Waals surface area contributed by atoms with Gasteiger partial charge in [-0.3, -0.25) is 4.68 Å². The standard InChI is InChI=1S/C18H25N9/c1-13-10-15(22-18(19-2)21-13)26-8-4-6-14(11-26)17-24-23-16(25(17)3)12-27-9-5-7-20-27/h5,7,9-10,14H,4,6,8,11-12H2,1-3H3,(H,19,21,22)/t14-/m0/s1. The van der Waals surface area contributed by atoms with E-state index in [0.717, 1.165) is 49.1 Å². The van der Waals surface area contributed by atoms with Crippen LogP contribution in [0.2, 0.25) is 0 Å². The number of hydrogen-bond donors (Lipinski definition) is 1. The van der Waals surface area contributed by atoms with Gasteiger partial charge < -0.3 is 14.8 Å². The van der Waals surface area contributed by atoms with Gasteiger partial charge in [-0.2, -0.15) is 10.1 Å². The molecule has 9 nitrogen and oxygen atoms in total. The van der Waals surface area contributed by atoms with Gasteiger partial charge >= 0.3 is 0 Å². The Morgan fingerprint density at radius 2 is 2.15 bits per heavy atom. The molecule has 9 heteroatoms. The quantitative estimate of drug-likeness (QED) is 0.732. The molecule has 0 saturated carbocycles. The van der Waals surface area contributed by atoms with Crippen LogP contribution in [0, 0.1) is 6.92 Å². The SMILES string of the molecule is CNc1nc(C)cc(N2CCC[C@H](c3nnc(Cn4cccn4)n3C)C2)n1. The minimum Gasteiger partial charge on any atom is -0.357 e. The number of nitrogens with one attached hydrogen (secondary N) is 1. The van der Waals surface area contributed by atoms with E-state index < -0.39 is 0 Å². The van der Waals surface area contributed by atoms with Gasteiger partial charge in [-0.15, -0.1) is 10.2 Å². The van der Waals surface area contributed by atoms with E-state index in [0.29, 0.717) is 18.4 Å². The first-order valence-corrected chi connectivity index (χ1v) is 9.28. The van der Waals surface area contributed by atoms with Gasteiger partial charge in [0, 0.05) is 57.3 Å². The van der Waals surface area contributed by atoms with Crippen LogP contribution in [0.5, 0.6) is 0 Å². The highest BCUT2D eigenvalue weighted by Crippen LogP contribution is 2.29. The molecule has 0 spiro atoms. The molecule has 4 rings (SSSR count). The molecule has 1 fully saturated rings. The molecule has 0 amide bonds. The van der Waals surface area contributed by atoms with Crippen LogP contribution < -0.4 is 10.2 Å². The second-order valence-electron chi connectivity index (χ2n) is 6.96. The number of anilines is 2. The van der Waals surface area contributed by atoms with Crippen LogP contribution in [-0.4, -0.2) is 54.7 Å². The smallest absolute Gasteiger partial charge is 0.224 e. The van der Waals surface area contributed by atoms with Gasteiger partial charge in [0.15, 0.2) is 5.82 Å². The molecule has 0 radical (unpaired) electrons. The van der Waals surface area contributed by atoms with E-state index in [-0.39, 0.29) is 0 Å². The zero-order chi connectivity index (χ0) is 18.8. The Balaban J connectivity index is 1.53. The summed E-state index contributed by atoms with van der Waals surface area (Å²) in [6.45, 7) is 4.50. The maximum Gasteiger partial charge on any atom is 0.224 e. The predicted octanol–water partition coefficient (Wildman–Crippen LogP) is 1.58. The van der Waals surface area contributed by atoms with Crippen molar-refractivity contribution in [3.05, 3.63) is 41.9 Å². The zero-order valence-electron chi connectivity index (χ0n) is 16.0. The molecule has 142 valence electrons. The average molecular weight is 367 g/mol. The summed E-state index contributed by atoms with van der Waals surface area (Å²) in [7, 11) is 3.89. The van der Waals surface area contributed by atoms with E-state index in [1.165, 1.54) is 0 Å². The molecular weight excluding hydrogens is 342 g/mol. The fourth-order valence-electron chi connectivity index (χ4n) is 3.63. The monoisotopic (exact) mass is 367 g/mol. The molecule has 0 unspecified atom stereocenters. The van der Waals surface area contributed by atoms with Crippen LogP contribution in [-0.2, 0) is 13.6 Å². The molecule has 3 aromatic rings. The largest absolute Gasteiger partial charge is 0.357 e. The fraction of sp³-hybridized carbons (Fsp3) is 0.500. The summed E-state index contributed by atoms with van der Waals surface area (Å²) in [4.78, 5) is 11.3. The van der Waals surface area contributed by atoms with Crippen molar-refractivity contribution in [2.75, 3.05) is 30.4 Å². The van der Waals surface area contributed by atoms with Crippen LogP contribution in [0.25, 0.3) is 0 Å². The van der Waals surface area contributed by atoms with Gasteiger partial charge in [0.2, 0.25) is 5.95 Å². The Kier molecular flexibility index (Phi) is 4.74. The number of nitrogens with zero attached hydrogens (tertiary/aromatic N) is 8. The highest BCUT2D eigenvalue weighted by atomic mass is 15.3. The molecule has 4 heterocycles. The number of aromatic nitrogens is 7. The van der Waals surface area contributed by atoms with Crippen molar-refractivity contribution in [1.82, 2.24) is 34.5 Å². The van der Waals surface area contributed by atoms with E-state index in [2.05, 4.69) is 40.0 Å². The Bertz CT molecular complexity index is 900. The van der Waals surface area contributed by atoms with Gasteiger partial charge in [-0.1, -0.05) is 0 Å². The summed E-state index contributed by atoms with van der Waals surface area (Å²) in [5.74, 6) is 3.90. The number of piperidine rings is 1. The Labute approximate surface area is 158 Å². The first kappa shape index (κ1) is 17.4. The summed E-state index contributed by atoms with van der Waals surface area (Å²) in [6.07, 6.45) is 5.92. The second-order valence-corrected chi connectivity index (χ2v) is 6.96. The minimum atomic E-state index is 0.330. The van der Waals surface area contributed by atoms with Gasteiger partial charge in [0.25, 0.3) is 0 Å². The van der Waals surface area contributed by atoms with Crippen molar-refractivity contribution in [3.8, 4) is 0 Å². The first-order chi connectivity index (χ1) is 13.1. The van der Waals surface area contributed by atoms with Crippen LogP contribution in [0.1, 0.15) is 36.1 Å². The highest BCUT2D eigenvalue weighted by molar-refractivity contribution is 5.45. The van der Waals surface area contributed by atoms with Crippen molar-refractivity contribution >= 4 is 11.8 Å². The van der Waals surface area contributed by atoms with Gasteiger partial charge in [-0.05, 0) is 25.8 Å². The number of hydrogen-bond acceptors (Lipinski definition) is 7. The maximum atomic E-state index is 4.63. The van der Waals surface area contributed by atoms with E-state index in [9.17, 15) is 0 Å². The average Bonchev–Trinajstić information content (AvgIpc) is 3.32. The molecule has 27 heavy (non-hydrogen) atoms. The van der Waals surface area contributed by atoms with Gasteiger partial charge in [0.1, 0.15) is 18.2 Å².